The highest BCUT2D eigenvalue weighted by molar-refractivity contribution is 5.80. The van der Waals surface area contributed by atoms with Crippen molar-refractivity contribution in [2.24, 2.45) is 5.92 Å². The van der Waals surface area contributed by atoms with Crippen LogP contribution in [0.2, 0.25) is 0 Å². The van der Waals surface area contributed by atoms with E-state index >= 15 is 0 Å². The molecule has 2 unspecified atom stereocenters. The van der Waals surface area contributed by atoms with E-state index in [1.54, 1.807) is 6.08 Å². The Labute approximate surface area is 111 Å². The van der Waals surface area contributed by atoms with Gasteiger partial charge in [0.05, 0.1) is 7.11 Å². The van der Waals surface area contributed by atoms with Crippen LogP contribution < -0.4 is 5.32 Å². The lowest BCUT2D eigenvalue weighted by Crippen LogP contribution is -2.52. The Bertz CT molecular complexity index is 278. The molecule has 3 nitrogen and oxygen atoms in total. The van der Waals surface area contributed by atoms with Gasteiger partial charge in [0.1, 0.15) is 5.54 Å². The molecule has 3 heteroatoms. The normalized spacial score (nSPS) is 28.4. The van der Waals surface area contributed by atoms with Gasteiger partial charge in [0.15, 0.2) is 0 Å². The zero-order chi connectivity index (χ0) is 13.4. The van der Waals surface area contributed by atoms with Gasteiger partial charge in [-0.3, -0.25) is 10.1 Å². The molecule has 1 aliphatic carbocycles. The fraction of sp³-hybridized carbons (Fsp3) is 0.800. The second-order valence-corrected chi connectivity index (χ2v) is 5.33. The van der Waals surface area contributed by atoms with E-state index in [2.05, 4.69) is 18.8 Å². The highest BCUT2D eigenvalue weighted by atomic mass is 16.5. The molecule has 0 spiro atoms. The number of carbonyl (C=O) groups is 1. The van der Waals surface area contributed by atoms with Gasteiger partial charge in [0, 0.05) is 6.54 Å². The lowest BCUT2D eigenvalue weighted by molar-refractivity contribution is -0.149. The first-order chi connectivity index (χ1) is 8.68. The molecule has 0 aromatic rings. The maximum atomic E-state index is 12.1. The molecule has 0 heterocycles. The summed E-state index contributed by atoms with van der Waals surface area (Å²) in [4.78, 5) is 12.1. The minimum atomic E-state index is -0.481. The molecule has 2 atom stereocenters. The van der Waals surface area contributed by atoms with Crippen LogP contribution in [-0.2, 0) is 9.53 Å². The van der Waals surface area contributed by atoms with Gasteiger partial charge in [-0.2, -0.15) is 0 Å². The molecule has 0 aromatic heterocycles. The summed E-state index contributed by atoms with van der Waals surface area (Å²) in [5.74, 6) is 0.661. The molecule has 0 amide bonds. The lowest BCUT2D eigenvalue weighted by atomic mass is 9.89. The number of rotatable bonds is 6. The van der Waals surface area contributed by atoms with Crippen molar-refractivity contribution in [1.29, 1.82) is 0 Å². The number of hydrogen-bond acceptors (Lipinski definition) is 3. The molecular weight excluding hydrogens is 226 g/mol. The van der Waals surface area contributed by atoms with Crippen molar-refractivity contribution in [1.82, 2.24) is 5.32 Å². The van der Waals surface area contributed by atoms with Gasteiger partial charge in [-0.1, -0.05) is 38.7 Å². The monoisotopic (exact) mass is 253 g/mol. The molecule has 0 aromatic carbocycles. The van der Waals surface area contributed by atoms with Gasteiger partial charge in [0.2, 0.25) is 0 Å². The van der Waals surface area contributed by atoms with E-state index in [4.69, 9.17) is 4.74 Å². The fourth-order valence-electron chi connectivity index (χ4n) is 3.03. The van der Waals surface area contributed by atoms with Crippen molar-refractivity contribution < 1.29 is 9.53 Å². The largest absolute Gasteiger partial charge is 0.468 e. The van der Waals surface area contributed by atoms with Crippen molar-refractivity contribution in [2.75, 3.05) is 13.7 Å². The standard InChI is InChI=1S/C15H27NO2/c1-4-7-13-8-6-10-15(11-9-13,14(17)18-3)16-12-5-2/h5,13,16H,2,4,6-12H2,1,3H3. The third kappa shape index (κ3) is 3.84. The molecule has 18 heavy (non-hydrogen) atoms. The number of nitrogens with one attached hydrogen (secondary N) is 1. The maximum absolute atomic E-state index is 12.1. The Kier molecular flexibility index (Phi) is 6.41. The molecule has 1 fully saturated rings. The van der Waals surface area contributed by atoms with Crippen LogP contribution in [0.5, 0.6) is 0 Å². The molecule has 0 aliphatic heterocycles. The third-order valence-electron chi connectivity index (χ3n) is 4.05. The van der Waals surface area contributed by atoms with Crippen molar-refractivity contribution >= 4 is 5.97 Å². The van der Waals surface area contributed by atoms with Gasteiger partial charge in [0.25, 0.3) is 0 Å². The quantitative estimate of drug-likeness (QED) is 0.449. The Hall–Kier alpha value is -0.830. The van der Waals surface area contributed by atoms with Gasteiger partial charge in [-0.25, -0.2) is 0 Å². The Morgan fingerprint density at radius 1 is 1.50 bits per heavy atom. The number of methoxy groups -OCH3 is 1. The van der Waals surface area contributed by atoms with Crippen LogP contribution in [0.3, 0.4) is 0 Å². The SMILES string of the molecule is C=CCNC1(C(=O)OC)CCCC(CCC)CC1. The minimum absolute atomic E-state index is 0.110. The lowest BCUT2D eigenvalue weighted by Gasteiger charge is -2.30. The summed E-state index contributed by atoms with van der Waals surface area (Å²) in [6, 6.07) is 0. The molecular formula is C15H27NO2. The summed E-state index contributed by atoms with van der Waals surface area (Å²) in [5.41, 5.74) is -0.481. The Morgan fingerprint density at radius 3 is 2.89 bits per heavy atom. The molecule has 0 bridgehead atoms. The summed E-state index contributed by atoms with van der Waals surface area (Å²) >= 11 is 0. The van der Waals surface area contributed by atoms with E-state index < -0.39 is 5.54 Å². The Morgan fingerprint density at radius 2 is 2.28 bits per heavy atom. The van der Waals surface area contributed by atoms with Crippen molar-refractivity contribution in [3.63, 3.8) is 0 Å². The summed E-state index contributed by atoms with van der Waals surface area (Å²) < 4.78 is 5.01. The van der Waals surface area contributed by atoms with E-state index in [1.807, 2.05) is 0 Å². The average Bonchev–Trinajstić information content (AvgIpc) is 2.60. The van der Waals surface area contributed by atoms with Crippen LogP contribution in [0.4, 0.5) is 0 Å². The van der Waals surface area contributed by atoms with E-state index in [1.165, 1.54) is 26.4 Å². The van der Waals surface area contributed by atoms with E-state index in [0.717, 1.165) is 31.6 Å². The first-order valence-corrected chi connectivity index (χ1v) is 7.13. The summed E-state index contributed by atoms with van der Waals surface area (Å²) in [7, 11) is 1.48. The second-order valence-electron chi connectivity index (χ2n) is 5.33. The predicted octanol–water partition coefficient (Wildman–Crippen LogP) is 3.05. The van der Waals surface area contributed by atoms with Gasteiger partial charge < -0.3 is 4.74 Å². The van der Waals surface area contributed by atoms with Crippen LogP contribution in [0, 0.1) is 5.92 Å². The zero-order valence-corrected chi connectivity index (χ0v) is 11.8. The highest BCUT2D eigenvalue weighted by Crippen LogP contribution is 2.33. The average molecular weight is 253 g/mol. The third-order valence-corrected chi connectivity index (χ3v) is 4.05. The van der Waals surface area contributed by atoms with Gasteiger partial charge in [-0.05, 0) is 25.2 Å². The van der Waals surface area contributed by atoms with Crippen LogP contribution in [0.15, 0.2) is 12.7 Å². The predicted molar refractivity (Wildman–Crippen MR) is 74.4 cm³/mol. The van der Waals surface area contributed by atoms with Crippen LogP contribution in [0.1, 0.15) is 51.9 Å². The molecule has 1 aliphatic rings. The summed E-state index contributed by atoms with van der Waals surface area (Å²) in [6.45, 7) is 6.61. The number of carbonyl (C=O) groups excluding carboxylic acids is 1. The topological polar surface area (TPSA) is 38.3 Å². The highest BCUT2D eigenvalue weighted by Gasteiger charge is 2.40. The molecule has 0 saturated heterocycles. The molecule has 0 radical (unpaired) electrons. The molecule has 104 valence electrons. The van der Waals surface area contributed by atoms with Crippen molar-refractivity contribution in [3.05, 3.63) is 12.7 Å². The molecule has 1 rings (SSSR count). The van der Waals surface area contributed by atoms with Crippen molar-refractivity contribution in [2.45, 2.75) is 57.4 Å². The first-order valence-electron chi connectivity index (χ1n) is 7.13. The first kappa shape index (κ1) is 15.2. The minimum Gasteiger partial charge on any atom is -0.468 e. The van der Waals surface area contributed by atoms with E-state index in [0.29, 0.717) is 6.54 Å². The van der Waals surface area contributed by atoms with Gasteiger partial charge >= 0.3 is 5.97 Å². The van der Waals surface area contributed by atoms with E-state index in [9.17, 15) is 4.79 Å². The molecule has 1 saturated carbocycles. The second kappa shape index (κ2) is 7.57. The summed E-state index contributed by atoms with van der Waals surface area (Å²) in [5, 5.41) is 3.35. The number of ether oxygens (including phenoxy) is 1. The van der Waals surface area contributed by atoms with Crippen LogP contribution in [-0.4, -0.2) is 25.2 Å². The van der Waals surface area contributed by atoms with E-state index in [-0.39, 0.29) is 5.97 Å². The number of hydrogen-bond donors (Lipinski definition) is 1. The summed E-state index contributed by atoms with van der Waals surface area (Å²) in [6.07, 6.45) is 9.54. The molecule has 1 N–H and O–H groups in total. The zero-order valence-electron chi connectivity index (χ0n) is 11.8. The fourth-order valence-corrected chi connectivity index (χ4v) is 3.03. The van der Waals surface area contributed by atoms with Crippen molar-refractivity contribution in [3.8, 4) is 0 Å². The van der Waals surface area contributed by atoms with Crippen LogP contribution in [0.25, 0.3) is 0 Å². The van der Waals surface area contributed by atoms with Gasteiger partial charge in [-0.15, -0.1) is 6.58 Å². The smallest absolute Gasteiger partial charge is 0.326 e. The van der Waals surface area contributed by atoms with Crippen LogP contribution >= 0.6 is 0 Å². The number of esters is 1. The maximum Gasteiger partial charge on any atom is 0.326 e. The Balaban J connectivity index is 2.71.